The summed E-state index contributed by atoms with van der Waals surface area (Å²) in [6.07, 6.45) is -1.10. The van der Waals surface area contributed by atoms with Gasteiger partial charge in [-0.25, -0.2) is 15.0 Å². The van der Waals surface area contributed by atoms with Crippen molar-refractivity contribution >= 4 is 29.5 Å². The molecule has 0 saturated carbocycles. The number of nitrogens with one attached hydrogen (secondary N) is 3. The molecular formula is C15H16N4O5. The lowest BCUT2D eigenvalue weighted by Crippen LogP contribution is -2.42. The number of ether oxygens (including phenoxy) is 1. The number of amides is 4. The highest BCUT2D eigenvalue weighted by Gasteiger charge is 2.29. The first kappa shape index (κ1) is 17.1. The van der Waals surface area contributed by atoms with E-state index in [0.717, 1.165) is 0 Å². The quantitative estimate of drug-likeness (QED) is 0.669. The van der Waals surface area contributed by atoms with Crippen LogP contribution in [0.3, 0.4) is 0 Å². The second kappa shape index (κ2) is 7.86. The van der Waals surface area contributed by atoms with Crippen LogP contribution in [0.1, 0.15) is 24.5 Å². The van der Waals surface area contributed by atoms with Crippen molar-refractivity contribution in [2.75, 3.05) is 7.05 Å². The zero-order valence-corrected chi connectivity index (χ0v) is 12.9. The van der Waals surface area contributed by atoms with Crippen molar-refractivity contribution < 1.29 is 23.9 Å². The van der Waals surface area contributed by atoms with Gasteiger partial charge in [0.15, 0.2) is 0 Å². The molecule has 0 fully saturated rings. The van der Waals surface area contributed by atoms with Gasteiger partial charge in [-0.3, -0.25) is 14.9 Å². The molecule has 1 aliphatic rings. The second-order valence-corrected chi connectivity index (χ2v) is 4.86. The molecular weight excluding hydrogens is 316 g/mol. The maximum absolute atomic E-state index is 12.2. The van der Waals surface area contributed by atoms with Crippen molar-refractivity contribution in [2.45, 2.75) is 18.9 Å². The van der Waals surface area contributed by atoms with Crippen LogP contribution in [0.5, 0.6) is 0 Å². The minimum atomic E-state index is -1.32. The molecule has 0 saturated heterocycles. The van der Waals surface area contributed by atoms with Gasteiger partial charge in [-0.05, 0) is 0 Å². The molecule has 0 aliphatic carbocycles. The molecule has 126 valence electrons. The summed E-state index contributed by atoms with van der Waals surface area (Å²) in [5, 5.41) is 7.93. The van der Waals surface area contributed by atoms with Crippen LogP contribution in [0.25, 0.3) is 0 Å². The zero-order valence-electron chi connectivity index (χ0n) is 12.9. The first-order valence-corrected chi connectivity index (χ1v) is 7.15. The van der Waals surface area contributed by atoms with Crippen LogP contribution in [-0.2, 0) is 19.1 Å². The van der Waals surface area contributed by atoms with Crippen molar-refractivity contribution in [3.8, 4) is 0 Å². The number of hydrogen-bond donors (Lipinski definition) is 3. The number of esters is 1. The lowest BCUT2D eigenvalue weighted by atomic mass is 10.1. The highest BCUT2D eigenvalue weighted by atomic mass is 16.5. The van der Waals surface area contributed by atoms with E-state index in [-0.39, 0.29) is 24.5 Å². The molecule has 0 spiro atoms. The predicted molar refractivity (Wildman–Crippen MR) is 82.7 cm³/mol. The summed E-state index contributed by atoms with van der Waals surface area (Å²) in [5.74, 6) is -1.94. The molecule has 0 aromatic heterocycles. The fraction of sp³-hybridized carbons (Fsp3) is 0.267. The number of hydrazone groups is 1. The summed E-state index contributed by atoms with van der Waals surface area (Å²) < 4.78 is 5.21. The number of nitrogens with zero attached hydrogens (tertiary/aromatic N) is 1. The number of urea groups is 1. The Morgan fingerprint density at radius 2 is 1.92 bits per heavy atom. The van der Waals surface area contributed by atoms with E-state index in [9.17, 15) is 19.2 Å². The van der Waals surface area contributed by atoms with Gasteiger partial charge < -0.3 is 10.1 Å². The molecule has 4 amide bonds. The SMILES string of the molecule is CNC(=O)NC(=O)[C@H](OC(=O)C1=NNC(=O)CC1)c1ccccc1. The van der Waals surface area contributed by atoms with Gasteiger partial charge in [0.2, 0.25) is 12.0 Å². The Bertz CT molecular complexity index is 686. The predicted octanol–water partition coefficient (Wildman–Crippen LogP) is -0.00750. The normalized spacial score (nSPS) is 14.7. The Balaban J connectivity index is 2.17. The molecule has 1 aliphatic heterocycles. The van der Waals surface area contributed by atoms with E-state index >= 15 is 0 Å². The molecule has 9 heteroatoms. The van der Waals surface area contributed by atoms with Crippen molar-refractivity contribution in [3.05, 3.63) is 35.9 Å². The number of carbonyl (C=O) groups is 4. The fourth-order valence-corrected chi connectivity index (χ4v) is 1.94. The van der Waals surface area contributed by atoms with Crippen LogP contribution >= 0.6 is 0 Å². The van der Waals surface area contributed by atoms with Crippen LogP contribution in [-0.4, -0.2) is 36.6 Å². The van der Waals surface area contributed by atoms with E-state index in [1.165, 1.54) is 7.05 Å². The van der Waals surface area contributed by atoms with E-state index < -0.39 is 24.0 Å². The zero-order chi connectivity index (χ0) is 17.5. The van der Waals surface area contributed by atoms with Crippen LogP contribution in [0.2, 0.25) is 0 Å². The van der Waals surface area contributed by atoms with E-state index in [4.69, 9.17) is 4.74 Å². The van der Waals surface area contributed by atoms with E-state index in [2.05, 4.69) is 21.2 Å². The molecule has 9 nitrogen and oxygen atoms in total. The number of benzene rings is 1. The highest BCUT2D eigenvalue weighted by molar-refractivity contribution is 6.37. The first-order valence-electron chi connectivity index (χ1n) is 7.15. The molecule has 0 unspecified atom stereocenters. The third-order valence-corrected chi connectivity index (χ3v) is 3.17. The van der Waals surface area contributed by atoms with Gasteiger partial charge in [-0.2, -0.15) is 5.10 Å². The summed E-state index contributed by atoms with van der Waals surface area (Å²) in [5.41, 5.74) is 2.58. The summed E-state index contributed by atoms with van der Waals surface area (Å²) >= 11 is 0. The van der Waals surface area contributed by atoms with Crippen molar-refractivity contribution in [1.82, 2.24) is 16.1 Å². The third-order valence-electron chi connectivity index (χ3n) is 3.17. The molecule has 2 rings (SSSR count). The van der Waals surface area contributed by atoms with Crippen LogP contribution < -0.4 is 16.1 Å². The van der Waals surface area contributed by atoms with Crippen molar-refractivity contribution in [3.63, 3.8) is 0 Å². The second-order valence-electron chi connectivity index (χ2n) is 4.86. The summed E-state index contributed by atoms with van der Waals surface area (Å²) in [6.45, 7) is 0. The summed E-state index contributed by atoms with van der Waals surface area (Å²) in [7, 11) is 1.35. The van der Waals surface area contributed by atoms with Gasteiger partial charge >= 0.3 is 12.0 Å². The van der Waals surface area contributed by atoms with Crippen LogP contribution in [0.15, 0.2) is 35.4 Å². The average Bonchev–Trinajstić information content (AvgIpc) is 2.60. The minimum absolute atomic E-state index is 0.00303. The molecule has 0 radical (unpaired) electrons. The Morgan fingerprint density at radius 3 is 2.50 bits per heavy atom. The van der Waals surface area contributed by atoms with Crippen molar-refractivity contribution in [1.29, 1.82) is 0 Å². The maximum atomic E-state index is 12.2. The Labute approximate surface area is 137 Å². The molecule has 0 bridgehead atoms. The first-order chi connectivity index (χ1) is 11.5. The van der Waals surface area contributed by atoms with Gasteiger partial charge in [0.1, 0.15) is 5.71 Å². The summed E-state index contributed by atoms with van der Waals surface area (Å²) in [4.78, 5) is 46.8. The number of hydrogen-bond acceptors (Lipinski definition) is 6. The minimum Gasteiger partial charge on any atom is -0.443 e. The van der Waals surface area contributed by atoms with Gasteiger partial charge in [0.25, 0.3) is 5.91 Å². The monoisotopic (exact) mass is 332 g/mol. The lowest BCUT2D eigenvalue weighted by Gasteiger charge is -2.19. The van der Waals surface area contributed by atoms with E-state index in [1.54, 1.807) is 30.3 Å². The van der Waals surface area contributed by atoms with Crippen LogP contribution in [0.4, 0.5) is 4.79 Å². The molecule has 1 aromatic rings. The Kier molecular flexibility index (Phi) is 5.61. The fourth-order valence-electron chi connectivity index (χ4n) is 1.94. The van der Waals surface area contributed by atoms with Crippen molar-refractivity contribution in [2.24, 2.45) is 5.10 Å². The molecule has 1 aromatic carbocycles. The van der Waals surface area contributed by atoms with E-state index in [0.29, 0.717) is 5.56 Å². The number of rotatable bonds is 4. The van der Waals surface area contributed by atoms with E-state index in [1.807, 2.05) is 0 Å². The Morgan fingerprint density at radius 1 is 1.21 bits per heavy atom. The van der Waals surface area contributed by atoms with Gasteiger partial charge in [-0.15, -0.1) is 0 Å². The largest absolute Gasteiger partial charge is 0.443 e. The lowest BCUT2D eigenvalue weighted by molar-refractivity contribution is -0.150. The Hall–Kier alpha value is -3.23. The maximum Gasteiger partial charge on any atom is 0.355 e. The topological polar surface area (TPSA) is 126 Å². The average molecular weight is 332 g/mol. The molecule has 3 N–H and O–H groups in total. The summed E-state index contributed by atoms with van der Waals surface area (Å²) in [6, 6.07) is 7.53. The van der Waals surface area contributed by atoms with Gasteiger partial charge in [0, 0.05) is 25.5 Å². The van der Waals surface area contributed by atoms with Crippen LogP contribution in [0, 0.1) is 0 Å². The number of imide groups is 1. The smallest absolute Gasteiger partial charge is 0.355 e. The highest BCUT2D eigenvalue weighted by Crippen LogP contribution is 2.18. The molecule has 1 heterocycles. The molecule has 24 heavy (non-hydrogen) atoms. The standard InChI is InChI=1S/C15H16N4O5/c1-16-15(23)17-13(21)12(9-5-3-2-4-6-9)24-14(22)10-7-8-11(20)19-18-10/h2-6,12H,7-8H2,1H3,(H,19,20)(H2,16,17,21,23)/t12-/m1/s1. The van der Waals surface area contributed by atoms with Gasteiger partial charge in [-0.1, -0.05) is 30.3 Å². The van der Waals surface area contributed by atoms with Gasteiger partial charge in [0.05, 0.1) is 0 Å². The number of carbonyl (C=O) groups excluding carboxylic acids is 4. The third kappa shape index (κ3) is 4.38. The molecule has 1 atom stereocenters.